The maximum atomic E-state index is 12.4. The molecular formula is C16H20N4O8S. The number of rotatable bonds is 11. The summed E-state index contributed by atoms with van der Waals surface area (Å²) in [6, 6.07) is 2.93. The van der Waals surface area contributed by atoms with E-state index < -0.39 is 53.7 Å². The lowest BCUT2D eigenvalue weighted by Crippen LogP contribution is -2.50. The van der Waals surface area contributed by atoms with Gasteiger partial charge in [-0.3, -0.25) is 34.2 Å². The third-order valence-corrected chi connectivity index (χ3v) is 4.77. The fourth-order valence-electron chi connectivity index (χ4n) is 2.08. The van der Waals surface area contributed by atoms with Crippen LogP contribution in [0.2, 0.25) is 0 Å². The predicted molar refractivity (Wildman–Crippen MR) is 101 cm³/mol. The third kappa shape index (κ3) is 7.85. The quantitative estimate of drug-likeness (QED) is 0.203. The Morgan fingerprint density at radius 1 is 1.10 bits per heavy atom. The van der Waals surface area contributed by atoms with E-state index in [2.05, 4.69) is 0 Å². The lowest BCUT2D eigenvalue weighted by atomic mass is 10.1. The van der Waals surface area contributed by atoms with E-state index in [0.717, 1.165) is 11.8 Å². The number of amides is 2. The molecule has 0 saturated carbocycles. The summed E-state index contributed by atoms with van der Waals surface area (Å²) in [5.74, 6) is -4.62. The van der Waals surface area contributed by atoms with Crippen molar-refractivity contribution in [1.82, 2.24) is 4.90 Å². The molecule has 0 aliphatic carbocycles. The van der Waals surface area contributed by atoms with Gasteiger partial charge in [0.25, 0.3) is 5.69 Å². The number of nitrogens with two attached hydrogens (primary N) is 2. The Morgan fingerprint density at radius 3 is 2.17 bits per heavy atom. The highest BCUT2D eigenvalue weighted by Crippen LogP contribution is 2.22. The second kappa shape index (κ2) is 11.1. The van der Waals surface area contributed by atoms with Crippen molar-refractivity contribution in [2.24, 2.45) is 11.5 Å². The number of imide groups is 1. The largest absolute Gasteiger partial charge is 0.480 e. The van der Waals surface area contributed by atoms with Gasteiger partial charge in [-0.15, -0.1) is 11.8 Å². The monoisotopic (exact) mass is 428 g/mol. The summed E-state index contributed by atoms with van der Waals surface area (Å²) in [6.45, 7) is -0.921. The van der Waals surface area contributed by atoms with E-state index in [1.807, 2.05) is 0 Å². The van der Waals surface area contributed by atoms with Gasteiger partial charge in [-0.2, -0.15) is 0 Å². The van der Waals surface area contributed by atoms with E-state index in [1.54, 1.807) is 0 Å². The Hall–Kier alpha value is -3.03. The van der Waals surface area contributed by atoms with Gasteiger partial charge >= 0.3 is 11.9 Å². The van der Waals surface area contributed by atoms with Crippen molar-refractivity contribution in [2.45, 2.75) is 29.8 Å². The van der Waals surface area contributed by atoms with E-state index in [4.69, 9.17) is 21.7 Å². The third-order valence-electron chi connectivity index (χ3n) is 3.64. The summed E-state index contributed by atoms with van der Waals surface area (Å²) >= 11 is 1.10. The van der Waals surface area contributed by atoms with Crippen LogP contribution in [-0.2, 0) is 19.2 Å². The van der Waals surface area contributed by atoms with Crippen molar-refractivity contribution in [3.63, 3.8) is 0 Å². The van der Waals surface area contributed by atoms with Crippen LogP contribution < -0.4 is 11.5 Å². The van der Waals surface area contributed by atoms with Gasteiger partial charge in [0, 0.05) is 29.2 Å². The first-order valence-electron chi connectivity index (χ1n) is 8.20. The molecule has 13 heteroatoms. The zero-order valence-corrected chi connectivity index (χ0v) is 15.9. The van der Waals surface area contributed by atoms with Crippen LogP contribution in [0.5, 0.6) is 0 Å². The first-order chi connectivity index (χ1) is 13.5. The molecule has 2 atom stereocenters. The number of carboxylic acids is 2. The van der Waals surface area contributed by atoms with Crippen LogP contribution >= 0.6 is 11.8 Å². The number of benzene rings is 1. The van der Waals surface area contributed by atoms with Crippen molar-refractivity contribution in [1.29, 1.82) is 0 Å². The number of nitro benzene ring substituents is 1. The number of nitrogens with zero attached hydrogens (tertiary/aromatic N) is 2. The van der Waals surface area contributed by atoms with Gasteiger partial charge in [0.15, 0.2) is 0 Å². The maximum Gasteiger partial charge on any atom is 0.323 e. The first-order valence-corrected chi connectivity index (χ1v) is 9.18. The van der Waals surface area contributed by atoms with Gasteiger partial charge in [-0.05, 0) is 18.6 Å². The van der Waals surface area contributed by atoms with Crippen LogP contribution in [0.25, 0.3) is 0 Å². The molecule has 0 unspecified atom stereocenters. The average Bonchev–Trinajstić information content (AvgIpc) is 2.67. The number of aliphatic carboxylic acids is 2. The van der Waals surface area contributed by atoms with Gasteiger partial charge < -0.3 is 21.7 Å². The Morgan fingerprint density at radius 2 is 1.69 bits per heavy atom. The Balaban J connectivity index is 2.73. The summed E-state index contributed by atoms with van der Waals surface area (Å²) < 4.78 is 0. The molecule has 6 N–H and O–H groups in total. The minimum Gasteiger partial charge on any atom is -0.480 e. The van der Waals surface area contributed by atoms with Crippen molar-refractivity contribution in [3.8, 4) is 0 Å². The number of carbonyl (C=O) groups excluding carboxylic acids is 2. The number of nitro groups is 1. The molecule has 0 radical (unpaired) electrons. The molecule has 0 aliphatic heterocycles. The van der Waals surface area contributed by atoms with Crippen LogP contribution in [0, 0.1) is 10.1 Å². The van der Waals surface area contributed by atoms with Crippen LogP contribution in [0.1, 0.15) is 12.8 Å². The number of carboxylic acid groups (broad SMARTS) is 2. The van der Waals surface area contributed by atoms with Crippen LogP contribution in [0.4, 0.5) is 5.69 Å². The number of carbonyl (C=O) groups is 4. The molecule has 2 amide bonds. The minimum atomic E-state index is -1.44. The van der Waals surface area contributed by atoms with Gasteiger partial charge in [0.1, 0.15) is 12.6 Å². The molecule has 0 aromatic heterocycles. The van der Waals surface area contributed by atoms with E-state index in [0.29, 0.717) is 9.80 Å². The summed E-state index contributed by atoms with van der Waals surface area (Å²) in [4.78, 5) is 57.4. The predicted octanol–water partition coefficient (Wildman–Crippen LogP) is -0.354. The van der Waals surface area contributed by atoms with Crippen molar-refractivity contribution in [2.75, 3.05) is 12.3 Å². The fourth-order valence-corrected chi connectivity index (χ4v) is 2.93. The summed E-state index contributed by atoms with van der Waals surface area (Å²) in [5, 5.41) is 28.3. The molecule has 0 heterocycles. The zero-order valence-electron chi connectivity index (χ0n) is 15.1. The zero-order chi connectivity index (χ0) is 22.1. The number of non-ortho nitro benzene ring substituents is 1. The smallest absolute Gasteiger partial charge is 0.323 e. The fraction of sp³-hybridized carbons (Fsp3) is 0.375. The molecule has 0 aliphatic rings. The van der Waals surface area contributed by atoms with E-state index in [9.17, 15) is 29.3 Å². The SMILES string of the molecule is N[C@@H](CCC(=O)N(CC(=O)O)C(=O)[C@@H](N)CSc1ccc([N+](=O)[O-])cc1)C(=O)O. The summed E-state index contributed by atoms with van der Waals surface area (Å²) in [6.07, 6.45) is -0.709. The Labute approximate surface area is 169 Å². The summed E-state index contributed by atoms with van der Waals surface area (Å²) in [7, 11) is 0. The number of hydrogen-bond donors (Lipinski definition) is 4. The molecule has 1 aromatic carbocycles. The minimum absolute atomic E-state index is 0.0192. The van der Waals surface area contributed by atoms with Crippen molar-refractivity contribution in [3.05, 3.63) is 34.4 Å². The van der Waals surface area contributed by atoms with Gasteiger partial charge in [-0.25, -0.2) is 0 Å². The molecule has 0 spiro atoms. The highest BCUT2D eigenvalue weighted by atomic mass is 32.2. The average molecular weight is 428 g/mol. The van der Waals surface area contributed by atoms with Gasteiger partial charge in [0.2, 0.25) is 11.8 Å². The molecule has 1 rings (SSSR count). The topological polar surface area (TPSA) is 207 Å². The van der Waals surface area contributed by atoms with Crippen LogP contribution in [-0.4, -0.2) is 68.2 Å². The van der Waals surface area contributed by atoms with Crippen molar-refractivity contribution < 1.29 is 34.3 Å². The molecular weight excluding hydrogens is 408 g/mol. The highest BCUT2D eigenvalue weighted by Gasteiger charge is 2.29. The molecule has 12 nitrogen and oxygen atoms in total. The van der Waals surface area contributed by atoms with Crippen molar-refractivity contribution >= 4 is 41.2 Å². The highest BCUT2D eigenvalue weighted by molar-refractivity contribution is 7.99. The second-order valence-electron chi connectivity index (χ2n) is 5.86. The van der Waals surface area contributed by atoms with E-state index in [1.165, 1.54) is 24.3 Å². The first kappa shape index (κ1) is 24.0. The molecule has 158 valence electrons. The normalized spacial score (nSPS) is 12.6. The second-order valence-corrected chi connectivity index (χ2v) is 6.96. The van der Waals surface area contributed by atoms with Gasteiger partial charge in [-0.1, -0.05) is 0 Å². The lowest BCUT2D eigenvalue weighted by molar-refractivity contribution is -0.384. The van der Waals surface area contributed by atoms with Crippen LogP contribution in [0.3, 0.4) is 0 Å². The van der Waals surface area contributed by atoms with Crippen LogP contribution in [0.15, 0.2) is 29.2 Å². The Kier molecular flexibility index (Phi) is 9.18. The molecule has 29 heavy (non-hydrogen) atoms. The van der Waals surface area contributed by atoms with Gasteiger partial charge in [0.05, 0.1) is 11.0 Å². The molecule has 0 saturated heterocycles. The lowest BCUT2D eigenvalue weighted by Gasteiger charge is -2.22. The number of thioether (sulfide) groups is 1. The Bertz CT molecular complexity index is 786. The van der Waals surface area contributed by atoms with E-state index in [-0.39, 0.29) is 17.9 Å². The van der Waals surface area contributed by atoms with E-state index >= 15 is 0 Å². The molecule has 0 bridgehead atoms. The molecule has 0 fully saturated rings. The standard InChI is InChI=1S/C16H20N4O8S/c17-11(16(25)26)5-6-13(21)19(7-14(22)23)15(24)12(18)8-29-10-3-1-9(2-4-10)20(27)28/h1-4,11-12H,5-8,17-18H2,(H,22,23)(H,25,26)/t11-,12-/m0/s1. The number of hydrogen-bond acceptors (Lipinski definition) is 9. The molecule has 1 aromatic rings. The maximum absolute atomic E-state index is 12.4. The summed E-state index contributed by atoms with van der Waals surface area (Å²) in [5.41, 5.74) is 11.0.